The summed E-state index contributed by atoms with van der Waals surface area (Å²) in [7, 11) is 1.65. The molecule has 3 amide bonds. The predicted molar refractivity (Wildman–Crippen MR) is 101 cm³/mol. The van der Waals surface area contributed by atoms with E-state index in [1.54, 1.807) is 12.4 Å². The van der Waals surface area contributed by atoms with Crippen molar-refractivity contribution >= 4 is 23.5 Å². The van der Waals surface area contributed by atoms with Gasteiger partial charge in [-0.05, 0) is 45.6 Å². The third kappa shape index (κ3) is 12.1. The Hall–Kier alpha value is -2.17. The first-order chi connectivity index (χ1) is 13.4. The van der Waals surface area contributed by atoms with E-state index in [-0.39, 0.29) is 43.5 Å². The Bertz CT molecular complexity index is 568. The molecule has 0 aliphatic rings. The van der Waals surface area contributed by atoms with E-state index >= 15 is 0 Å². The molecule has 0 aromatic carbocycles. The summed E-state index contributed by atoms with van der Waals surface area (Å²) >= 11 is 0. The van der Waals surface area contributed by atoms with Crippen LogP contribution in [0.3, 0.4) is 0 Å². The number of halogens is 3. The molecule has 0 saturated carbocycles. The van der Waals surface area contributed by atoms with Crippen molar-refractivity contribution in [3.8, 4) is 0 Å². The van der Waals surface area contributed by atoms with Gasteiger partial charge in [0.15, 0.2) is 5.78 Å². The van der Waals surface area contributed by atoms with Gasteiger partial charge in [-0.25, -0.2) is 0 Å². The second-order valence-electron chi connectivity index (χ2n) is 7.17. The Morgan fingerprint density at radius 2 is 1.59 bits per heavy atom. The first-order valence-corrected chi connectivity index (χ1v) is 9.48. The van der Waals surface area contributed by atoms with Crippen LogP contribution in [0, 0.1) is 5.92 Å². The van der Waals surface area contributed by atoms with Crippen molar-refractivity contribution in [1.82, 2.24) is 21.3 Å². The van der Waals surface area contributed by atoms with Crippen LogP contribution >= 0.6 is 0 Å². The molecule has 2 atom stereocenters. The quantitative estimate of drug-likeness (QED) is 0.324. The highest BCUT2D eigenvalue weighted by molar-refractivity contribution is 5.91. The minimum Gasteiger partial charge on any atom is -0.348 e. The number of amides is 3. The van der Waals surface area contributed by atoms with Gasteiger partial charge in [-0.3, -0.25) is 19.2 Å². The van der Waals surface area contributed by atoms with Gasteiger partial charge in [0.1, 0.15) is 0 Å². The van der Waals surface area contributed by atoms with Crippen molar-refractivity contribution < 1.29 is 32.3 Å². The molecule has 0 aromatic heterocycles. The highest BCUT2D eigenvalue weighted by atomic mass is 19.4. The molecule has 0 unspecified atom stereocenters. The summed E-state index contributed by atoms with van der Waals surface area (Å²) in [6.45, 7) is 4.75. The zero-order valence-electron chi connectivity index (χ0n) is 17.2. The molecular formula is C18H31F3N4O4. The number of carbonyl (C=O) groups is 4. The van der Waals surface area contributed by atoms with E-state index in [1.165, 1.54) is 6.92 Å². The molecule has 0 aliphatic heterocycles. The molecule has 8 nitrogen and oxygen atoms in total. The summed E-state index contributed by atoms with van der Waals surface area (Å²) in [6.07, 6.45) is -3.57. The third-order valence-electron chi connectivity index (χ3n) is 4.08. The van der Waals surface area contributed by atoms with Crippen molar-refractivity contribution in [3.05, 3.63) is 0 Å². The van der Waals surface area contributed by atoms with Crippen LogP contribution in [0.5, 0.6) is 0 Å². The van der Waals surface area contributed by atoms with E-state index in [9.17, 15) is 32.3 Å². The normalized spacial score (nSPS) is 13.5. The summed E-state index contributed by atoms with van der Waals surface area (Å²) in [4.78, 5) is 46.4. The van der Waals surface area contributed by atoms with Crippen LogP contribution in [0.15, 0.2) is 0 Å². The number of ketones is 1. The number of nitrogens with one attached hydrogen (secondary N) is 4. The van der Waals surface area contributed by atoms with E-state index in [2.05, 4.69) is 16.0 Å². The van der Waals surface area contributed by atoms with Crippen LogP contribution in [-0.4, -0.2) is 61.9 Å². The van der Waals surface area contributed by atoms with Crippen molar-refractivity contribution in [2.24, 2.45) is 5.92 Å². The second kappa shape index (κ2) is 13.1. The summed E-state index contributed by atoms with van der Waals surface area (Å²) < 4.78 is 36.2. The van der Waals surface area contributed by atoms with Gasteiger partial charge in [0.05, 0.1) is 18.6 Å². The summed E-state index contributed by atoms with van der Waals surface area (Å²) in [6, 6.07) is -1.24. The molecule has 0 aliphatic carbocycles. The Labute approximate surface area is 168 Å². The van der Waals surface area contributed by atoms with Gasteiger partial charge in [-0.2, -0.15) is 13.2 Å². The number of unbranched alkanes of at least 4 members (excludes halogenated alkanes) is 1. The fraction of sp³-hybridized carbons (Fsp3) is 0.778. The SMILES string of the molecule is CN[C@@H](CC(C)C)C(=O)NCC(=O)N[C@@H](CCCCNC(=O)C(F)(F)F)C(C)=O. The first-order valence-electron chi connectivity index (χ1n) is 9.48. The fourth-order valence-corrected chi connectivity index (χ4v) is 2.52. The highest BCUT2D eigenvalue weighted by Crippen LogP contribution is 2.14. The first kappa shape index (κ1) is 26.8. The number of hydrogen-bond acceptors (Lipinski definition) is 5. The molecule has 11 heteroatoms. The molecule has 0 spiro atoms. The molecule has 168 valence electrons. The standard InChI is InChI=1S/C18H31F3N4O4/c1-11(2)9-14(22-4)16(28)24-10-15(27)25-13(12(3)26)7-5-6-8-23-17(29)18(19,20)21/h11,13-14,22H,5-10H2,1-4H3,(H,23,29)(H,24,28)(H,25,27)/t13-,14-/m0/s1. The summed E-state index contributed by atoms with van der Waals surface area (Å²) in [5, 5.41) is 9.62. The largest absolute Gasteiger partial charge is 0.471 e. The lowest BCUT2D eigenvalue weighted by molar-refractivity contribution is -0.173. The molecule has 0 rings (SSSR count). The van der Waals surface area contributed by atoms with Crippen molar-refractivity contribution in [2.45, 2.75) is 64.7 Å². The molecule has 0 fully saturated rings. The van der Waals surface area contributed by atoms with Crippen LogP contribution in [0.2, 0.25) is 0 Å². The molecule has 0 heterocycles. The topological polar surface area (TPSA) is 116 Å². The van der Waals surface area contributed by atoms with E-state index < -0.39 is 30.1 Å². The van der Waals surface area contributed by atoms with Gasteiger partial charge in [0.25, 0.3) is 0 Å². The Balaban J connectivity index is 4.31. The van der Waals surface area contributed by atoms with Crippen molar-refractivity contribution in [3.63, 3.8) is 0 Å². The molecule has 29 heavy (non-hydrogen) atoms. The highest BCUT2D eigenvalue weighted by Gasteiger charge is 2.38. The van der Waals surface area contributed by atoms with Crippen molar-refractivity contribution in [1.29, 1.82) is 0 Å². The monoisotopic (exact) mass is 424 g/mol. The summed E-state index contributed by atoms with van der Waals surface area (Å²) in [5.41, 5.74) is 0. The Morgan fingerprint density at radius 1 is 0.966 bits per heavy atom. The van der Waals surface area contributed by atoms with Crippen molar-refractivity contribution in [2.75, 3.05) is 20.1 Å². The molecule has 0 aromatic rings. The number of hydrogen-bond donors (Lipinski definition) is 4. The average molecular weight is 424 g/mol. The maximum atomic E-state index is 12.1. The van der Waals surface area contributed by atoms with Crippen LogP contribution in [0.4, 0.5) is 13.2 Å². The minimum absolute atomic E-state index is 0.186. The van der Waals surface area contributed by atoms with E-state index in [0.29, 0.717) is 12.8 Å². The minimum atomic E-state index is -4.93. The number of carbonyl (C=O) groups excluding carboxylic acids is 4. The maximum Gasteiger partial charge on any atom is 0.471 e. The van der Waals surface area contributed by atoms with Gasteiger partial charge >= 0.3 is 12.1 Å². The zero-order chi connectivity index (χ0) is 22.6. The third-order valence-corrected chi connectivity index (χ3v) is 4.08. The van der Waals surface area contributed by atoms with Gasteiger partial charge in [0.2, 0.25) is 11.8 Å². The number of Topliss-reactive ketones (excluding diaryl/α,β-unsaturated/α-hetero) is 1. The average Bonchev–Trinajstić information content (AvgIpc) is 2.61. The molecule has 0 bridgehead atoms. The van der Waals surface area contributed by atoms with E-state index in [4.69, 9.17) is 0 Å². The van der Waals surface area contributed by atoms with Gasteiger partial charge in [0, 0.05) is 6.54 Å². The summed E-state index contributed by atoms with van der Waals surface area (Å²) in [5.74, 6) is -2.89. The maximum absolute atomic E-state index is 12.1. The Morgan fingerprint density at radius 3 is 2.07 bits per heavy atom. The zero-order valence-corrected chi connectivity index (χ0v) is 17.2. The van der Waals surface area contributed by atoms with Crippen LogP contribution in [0.25, 0.3) is 0 Å². The number of likely N-dealkylation sites (N-methyl/N-ethyl adjacent to an activating group) is 1. The van der Waals surface area contributed by atoms with E-state index in [1.807, 2.05) is 13.8 Å². The smallest absolute Gasteiger partial charge is 0.348 e. The Kier molecular flexibility index (Phi) is 12.1. The second-order valence-corrected chi connectivity index (χ2v) is 7.17. The van der Waals surface area contributed by atoms with Gasteiger partial charge in [-0.15, -0.1) is 0 Å². The fourth-order valence-electron chi connectivity index (χ4n) is 2.52. The van der Waals surface area contributed by atoms with Gasteiger partial charge in [-0.1, -0.05) is 13.8 Å². The molecule has 4 N–H and O–H groups in total. The molecule has 0 radical (unpaired) electrons. The lowest BCUT2D eigenvalue weighted by Crippen LogP contribution is -2.49. The lowest BCUT2D eigenvalue weighted by atomic mass is 10.0. The van der Waals surface area contributed by atoms with E-state index in [0.717, 1.165) is 0 Å². The lowest BCUT2D eigenvalue weighted by Gasteiger charge is -2.19. The number of rotatable bonds is 13. The molecular weight excluding hydrogens is 393 g/mol. The van der Waals surface area contributed by atoms with Gasteiger partial charge < -0.3 is 21.3 Å². The predicted octanol–water partition coefficient (Wildman–Crippen LogP) is 0.659. The van der Waals surface area contributed by atoms with Crippen LogP contribution in [0.1, 0.15) is 46.5 Å². The van der Waals surface area contributed by atoms with Crippen LogP contribution in [-0.2, 0) is 19.2 Å². The van der Waals surface area contributed by atoms with Crippen LogP contribution < -0.4 is 21.3 Å². The molecule has 0 saturated heterocycles. The number of alkyl halides is 3.